The molecule has 0 spiro atoms. The lowest BCUT2D eigenvalue weighted by Gasteiger charge is -2.35. The van der Waals surface area contributed by atoms with Gasteiger partial charge in [-0.15, -0.1) is 6.58 Å². The van der Waals surface area contributed by atoms with E-state index in [4.69, 9.17) is 9.47 Å². The monoisotopic (exact) mass is 189 g/mol. The highest BCUT2D eigenvalue weighted by Crippen LogP contribution is 2.16. The number of rotatable bonds is 5. The molecule has 0 saturated carbocycles. The van der Waals surface area contributed by atoms with Gasteiger partial charge in [0.1, 0.15) is 0 Å². The number of hydrogen-bond acceptors (Lipinski definition) is 3. The van der Waals surface area contributed by atoms with Crippen molar-refractivity contribution in [1.82, 2.24) is 4.57 Å². The zero-order chi connectivity index (χ0) is 9.78. The maximum atomic E-state index is 5.33. The van der Waals surface area contributed by atoms with E-state index < -0.39 is 14.4 Å². The molecule has 0 saturated heterocycles. The molecular weight excluding hydrogens is 170 g/mol. The second-order valence-electron chi connectivity index (χ2n) is 3.07. The van der Waals surface area contributed by atoms with Crippen LogP contribution in [0.2, 0.25) is 0 Å². The third-order valence-electron chi connectivity index (χ3n) is 2.13. The predicted octanol–water partition coefficient (Wildman–Crippen LogP) is 0.545. The Balaban J connectivity index is 4.54. The number of hydrogen-bond donors (Lipinski definition) is 0. The molecule has 0 aliphatic carbocycles. The Hall–Kier alpha value is -0.163. The molecule has 4 heteroatoms. The van der Waals surface area contributed by atoms with Crippen LogP contribution in [0.1, 0.15) is 6.92 Å². The predicted molar refractivity (Wildman–Crippen MR) is 53.5 cm³/mol. The number of methoxy groups -OCH3 is 2. The molecular formula is C8H19NO2Si. The fraction of sp³-hybridized carbons (Fsp3) is 0.750. The van der Waals surface area contributed by atoms with Crippen molar-refractivity contribution in [3.05, 3.63) is 12.3 Å². The Bertz CT molecular complexity index is 146. The lowest BCUT2D eigenvalue weighted by atomic mass is 10.7. The Morgan fingerprint density at radius 3 is 1.83 bits per heavy atom. The fourth-order valence-electron chi connectivity index (χ4n) is 1.22. The molecule has 0 aromatic carbocycles. The summed E-state index contributed by atoms with van der Waals surface area (Å²) in [6, 6.07) is 0. The molecule has 0 bridgehead atoms. The van der Waals surface area contributed by atoms with Crippen LogP contribution in [0.15, 0.2) is 12.3 Å². The van der Waals surface area contributed by atoms with Gasteiger partial charge in [0.25, 0.3) is 0 Å². The zero-order valence-corrected chi connectivity index (χ0v) is 9.78. The first kappa shape index (κ1) is 11.8. The van der Waals surface area contributed by atoms with Crippen molar-refractivity contribution in [1.29, 1.82) is 0 Å². The van der Waals surface area contributed by atoms with Gasteiger partial charge in [-0.1, -0.05) is 5.70 Å². The van der Waals surface area contributed by atoms with E-state index in [1.165, 1.54) is 0 Å². The maximum Gasteiger partial charge on any atom is 0.204 e. The van der Waals surface area contributed by atoms with Crippen LogP contribution in [-0.2, 0) is 9.47 Å². The van der Waals surface area contributed by atoms with E-state index in [2.05, 4.69) is 11.1 Å². The van der Waals surface area contributed by atoms with Crippen molar-refractivity contribution in [3.63, 3.8) is 0 Å². The van der Waals surface area contributed by atoms with E-state index in [0.29, 0.717) is 0 Å². The second-order valence-corrected chi connectivity index (χ2v) is 6.51. The van der Waals surface area contributed by atoms with Gasteiger partial charge in [0.05, 0.1) is 0 Å². The van der Waals surface area contributed by atoms with Crippen molar-refractivity contribution in [2.75, 3.05) is 28.3 Å². The zero-order valence-electron chi connectivity index (χ0n) is 8.63. The summed E-state index contributed by atoms with van der Waals surface area (Å²) in [4.78, 5) is 0. The summed E-state index contributed by atoms with van der Waals surface area (Å²) in [7, 11) is 6.01. The molecule has 0 radical (unpaired) electrons. The molecule has 0 aromatic rings. The molecule has 0 heterocycles. The minimum Gasteiger partial charge on any atom is -0.355 e. The second kappa shape index (κ2) is 4.76. The van der Waals surface area contributed by atoms with Gasteiger partial charge in [-0.3, -0.25) is 0 Å². The molecule has 0 aromatic heterocycles. The van der Waals surface area contributed by atoms with Crippen LogP contribution in [0, 0.1) is 0 Å². The van der Waals surface area contributed by atoms with Crippen LogP contribution in [0.4, 0.5) is 0 Å². The molecule has 0 N–H and O–H groups in total. The van der Waals surface area contributed by atoms with Crippen LogP contribution in [-0.4, -0.2) is 47.2 Å². The molecule has 3 nitrogen and oxygen atoms in total. The lowest BCUT2D eigenvalue weighted by molar-refractivity contribution is -0.136. The van der Waals surface area contributed by atoms with Gasteiger partial charge in [0.2, 0.25) is 8.96 Å². The third kappa shape index (κ3) is 2.41. The average Bonchev–Trinajstić information content (AvgIpc) is 2.04. The normalized spacial score (nSPS) is 14.8. The summed E-state index contributed by atoms with van der Waals surface area (Å²) in [6.45, 7) is 5.75. The highest BCUT2D eigenvalue weighted by atomic mass is 28.3. The summed E-state index contributed by atoms with van der Waals surface area (Å²) in [6.07, 6.45) is 0. The highest BCUT2D eigenvalue weighted by Gasteiger charge is 2.35. The fourth-order valence-corrected chi connectivity index (χ4v) is 3.49. The minimum absolute atomic E-state index is 0.481. The largest absolute Gasteiger partial charge is 0.355 e. The molecule has 0 amide bonds. The van der Waals surface area contributed by atoms with Gasteiger partial charge in [0.15, 0.2) is 5.41 Å². The Morgan fingerprint density at radius 1 is 1.33 bits per heavy atom. The highest BCUT2D eigenvalue weighted by molar-refractivity contribution is 6.63. The molecule has 0 rings (SSSR count). The quantitative estimate of drug-likeness (QED) is 0.465. The van der Waals surface area contributed by atoms with E-state index in [0.717, 1.165) is 0 Å². The lowest BCUT2D eigenvalue weighted by Crippen LogP contribution is -2.54. The van der Waals surface area contributed by atoms with Crippen LogP contribution < -0.4 is 0 Å². The summed E-state index contributed by atoms with van der Waals surface area (Å²) in [5, 5.41) is 0. The van der Waals surface area contributed by atoms with Gasteiger partial charge in [0, 0.05) is 14.2 Å². The smallest absolute Gasteiger partial charge is 0.204 e. The van der Waals surface area contributed by atoms with Crippen LogP contribution in [0.5, 0.6) is 0 Å². The van der Waals surface area contributed by atoms with Crippen LogP contribution in [0.3, 0.4) is 0 Å². The Morgan fingerprint density at radius 2 is 1.75 bits per heavy atom. The van der Waals surface area contributed by atoms with Gasteiger partial charge in [-0.25, -0.2) is 0 Å². The summed E-state index contributed by atoms with van der Waals surface area (Å²) in [5.41, 5.74) is 1.47. The molecule has 12 heavy (non-hydrogen) atoms. The van der Waals surface area contributed by atoms with Gasteiger partial charge < -0.3 is 14.0 Å². The first-order valence-electron chi connectivity index (χ1n) is 3.91. The van der Waals surface area contributed by atoms with Crippen molar-refractivity contribution >= 4 is 8.96 Å². The van der Waals surface area contributed by atoms with E-state index in [1.54, 1.807) is 14.2 Å². The standard InChI is InChI=1S/C8H19NO2Si/c1-7-12(9(3)4)8(2,10-5)11-6/h7,12H,1H2,2-6H3. The van der Waals surface area contributed by atoms with E-state index in [1.807, 2.05) is 26.7 Å². The first-order chi connectivity index (χ1) is 5.51. The Labute approximate surface area is 76.6 Å². The van der Waals surface area contributed by atoms with Crippen molar-refractivity contribution < 1.29 is 9.47 Å². The van der Waals surface area contributed by atoms with E-state index in [-0.39, 0.29) is 0 Å². The number of nitrogens with zero attached hydrogens (tertiary/aromatic N) is 1. The molecule has 1 unspecified atom stereocenters. The maximum absolute atomic E-state index is 5.33. The Kier molecular flexibility index (Phi) is 4.70. The van der Waals surface area contributed by atoms with Crippen molar-refractivity contribution in [2.45, 2.75) is 12.3 Å². The SMILES string of the molecule is C=C[SiH](N(C)C)C(C)(OC)OC. The number of ether oxygens (including phenoxy) is 2. The van der Waals surface area contributed by atoms with Crippen LogP contribution in [0.25, 0.3) is 0 Å². The molecule has 0 aliphatic heterocycles. The summed E-state index contributed by atoms with van der Waals surface area (Å²) >= 11 is 0. The first-order valence-corrected chi connectivity index (χ1v) is 5.67. The van der Waals surface area contributed by atoms with Crippen molar-refractivity contribution in [3.8, 4) is 0 Å². The van der Waals surface area contributed by atoms with E-state index in [9.17, 15) is 0 Å². The summed E-state index contributed by atoms with van der Waals surface area (Å²) < 4.78 is 12.8. The van der Waals surface area contributed by atoms with Gasteiger partial charge in [-0.05, 0) is 21.0 Å². The van der Waals surface area contributed by atoms with Crippen LogP contribution >= 0.6 is 0 Å². The van der Waals surface area contributed by atoms with Gasteiger partial charge >= 0.3 is 0 Å². The third-order valence-corrected chi connectivity index (χ3v) is 5.23. The van der Waals surface area contributed by atoms with E-state index >= 15 is 0 Å². The molecule has 1 atom stereocenters. The average molecular weight is 189 g/mol. The molecule has 0 aliphatic rings. The molecule has 0 fully saturated rings. The summed E-state index contributed by atoms with van der Waals surface area (Å²) in [5.74, 6) is 0. The molecule has 72 valence electrons. The van der Waals surface area contributed by atoms with Gasteiger partial charge in [-0.2, -0.15) is 0 Å². The topological polar surface area (TPSA) is 21.7 Å². The minimum atomic E-state index is -1.36. The van der Waals surface area contributed by atoms with Crippen molar-refractivity contribution in [2.24, 2.45) is 0 Å².